The third kappa shape index (κ3) is 3.77. The molecule has 94 valence electrons. The van der Waals surface area contributed by atoms with Crippen molar-refractivity contribution in [3.05, 3.63) is 29.3 Å². The summed E-state index contributed by atoms with van der Waals surface area (Å²) in [7, 11) is 0. The van der Waals surface area contributed by atoms with Crippen LogP contribution in [0.1, 0.15) is 36.7 Å². The number of aryl methyl sites for hydroxylation is 1. The average molecular weight is 234 g/mol. The smallest absolute Gasteiger partial charge is 0.251 e. The fourth-order valence-electron chi connectivity index (χ4n) is 1.37. The maximum absolute atomic E-state index is 11.9. The lowest BCUT2D eigenvalue weighted by atomic mass is 9.98. The van der Waals surface area contributed by atoms with Crippen molar-refractivity contribution in [3.8, 4) is 0 Å². The quantitative estimate of drug-likeness (QED) is 0.787. The van der Waals surface area contributed by atoms with Gasteiger partial charge in [-0.2, -0.15) is 0 Å². The van der Waals surface area contributed by atoms with Crippen LogP contribution in [0.3, 0.4) is 0 Å². The van der Waals surface area contributed by atoms with Gasteiger partial charge in [0.2, 0.25) is 0 Å². The van der Waals surface area contributed by atoms with E-state index in [0.29, 0.717) is 29.6 Å². The molecule has 17 heavy (non-hydrogen) atoms. The molecule has 3 nitrogen and oxygen atoms in total. The van der Waals surface area contributed by atoms with Crippen molar-refractivity contribution in [2.45, 2.75) is 27.7 Å². The summed E-state index contributed by atoms with van der Waals surface area (Å²) in [6, 6.07) is 5.40. The third-order valence-electron chi connectivity index (χ3n) is 3.26. The first kappa shape index (κ1) is 13.6. The second-order valence-electron chi connectivity index (χ2n) is 5.00. The van der Waals surface area contributed by atoms with Gasteiger partial charge in [0.25, 0.3) is 5.91 Å². The van der Waals surface area contributed by atoms with Crippen molar-refractivity contribution in [2.75, 3.05) is 12.3 Å². The molecule has 3 N–H and O–H groups in total. The maximum atomic E-state index is 11.9. The van der Waals surface area contributed by atoms with Crippen LogP contribution in [0.5, 0.6) is 0 Å². The van der Waals surface area contributed by atoms with E-state index >= 15 is 0 Å². The second-order valence-corrected chi connectivity index (χ2v) is 5.00. The Hall–Kier alpha value is -1.51. The number of carbonyl (C=O) groups excluding carboxylic acids is 1. The number of benzene rings is 1. The fourth-order valence-corrected chi connectivity index (χ4v) is 1.37. The van der Waals surface area contributed by atoms with Crippen LogP contribution in [0.4, 0.5) is 5.69 Å². The monoisotopic (exact) mass is 234 g/mol. The molecule has 0 aliphatic carbocycles. The molecular weight excluding hydrogens is 212 g/mol. The van der Waals surface area contributed by atoms with Crippen LogP contribution in [-0.4, -0.2) is 12.5 Å². The van der Waals surface area contributed by atoms with E-state index in [2.05, 4.69) is 26.1 Å². The minimum atomic E-state index is -0.0517. The molecule has 1 amide bonds. The molecule has 0 saturated carbocycles. The van der Waals surface area contributed by atoms with Crippen LogP contribution in [0.25, 0.3) is 0 Å². The summed E-state index contributed by atoms with van der Waals surface area (Å²) in [5.74, 6) is 0.990. The number of rotatable bonds is 4. The predicted molar refractivity (Wildman–Crippen MR) is 71.9 cm³/mol. The highest BCUT2D eigenvalue weighted by molar-refractivity contribution is 5.95. The molecule has 1 unspecified atom stereocenters. The predicted octanol–water partition coefficient (Wildman–Crippen LogP) is 2.60. The van der Waals surface area contributed by atoms with E-state index < -0.39 is 0 Å². The van der Waals surface area contributed by atoms with Gasteiger partial charge in [-0.25, -0.2) is 0 Å². The van der Waals surface area contributed by atoms with Gasteiger partial charge in [-0.1, -0.05) is 26.8 Å². The second kappa shape index (κ2) is 5.71. The van der Waals surface area contributed by atoms with Crippen LogP contribution in [-0.2, 0) is 0 Å². The molecule has 3 heteroatoms. The van der Waals surface area contributed by atoms with Crippen molar-refractivity contribution in [1.29, 1.82) is 0 Å². The number of nitrogens with two attached hydrogens (primary N) is 1. The summed E-state index contributed by atoms with van der Waals surface area (Å²) < 4.78 is 0. The normalized spacial score (nSPS) is 12.5. The van der Waals surface area contributed by atoms with E-state index in [9.17, 15) is 4.79 Å². The van der Waals surface area contributed by atoms with Crippen LogP contribution in [0.2, 0.25) is 0 Å². The van der Waals surface area contributed by atoms with Crippen molar-refractivity contribution in [1.82, 2.24) is 5.32 Å². The first-order valence-corrected chi connectivity index (χ1v) is 6.06. The van der Waals surface area contributed by atoms with Crippen molar-refractivity contribution in [3.63, 3.8) is 0 Å². The van der Waals surface area contributed by atoms with E-state index in [1.165, 1.54) is 0 Å². The Morgan fingerprint density at radius 2 is 2.00 bits per heavy atom. The molecule has 0 saturated heterocycles. The van der Waals surface area contributed by atoms with Gasteiger partial charge in [-0.3, -0.25) is 4.79 Å². The summed E-state index contributed by atoms with van der Waals surface area (Å²) in [5.41, 5.74) is 8.07. The number of hydrogen-bond donors (Lipinski definition) is 2. The van der Waals surface area contributed by atoms with Gasteiger partial charge < -0.3 is 11.1 Å². The SMILES string of the molecule is Cc1ccc(C(=O)NCC(C)C(C)C)cc1N. The van der Waals surface area contributed by atoms with Gasteiger partial charge >= 0.3 is 0 Å². The van der Waals surface area contributed by atoms with Crippen molar-refractivity contribution < 1.29 is 4.79 Å². The first-order chi connectivity index (χ1) is 7.91. The Balaban J connectivity index is 2.61. The summed E-state index contributed by atoms with van der Waals surface area (Å²) in [6.45, 7) is 9.07. The minimum Gasteiger partial charge on any atom is -0.398 e. The third-order valence-corrected chi connectivity index (χ3v) is 3.26. The topological polar surface area (TPSA) is 55.1 Å². The summed E-state index contributed by atoms with van der Waals surface area (Å²) in [5, 5.41) is 2.93. The van der Waals surface area contributed by atoms with Gasteiger partial charge in [0.1, 0.15) is 0 Å². The minimum absolute atomic E-state index is 0.0517. The number of hydrogen-bond acceptors (Lipinski definition) is 2. The molecule has 1 aromatic rings. The Kier molecular flexibility index (Phi) is 4.55. The Morgan fingerprint density at radius 3 is 2.53 bits per heavy atom. The number of nitrogens with one attached hydrogen (secondary N) is 1. The first-order valence-electron chi connectivity index (χ1n) is 6.06. The lowest BCUT2D eigenvalue weighted by Gasteiger charge is -2.16. The Bertz CT molecular complexity index is 399. The molecule has 1 aromatic carbocycles. The van der Waals surface area contributed by atoms with Crippen LogP contribution in [0, 0.1) is 18.8 Å². The van der Waals surface area contributed by atoms with Crippen molar-refractivity contribution >= 4 is 11.6 Å². The zero-order chi connectivity index (χ0) is 13.0. The highest BCUT2D eigenvalue weighted by Gasteiger charge is 2.10. The maximum Gasteiger partial charge on any atom is 0.251 e. The fraction of sp³-hybridized carbons (Fsp3) is 0.500. The standard InChI is InChI=1S/C14H22N2O/c1-9(2)11(4)8-16-14(17)12-6-5-10(3)13(15)7-12/h5-7,9,11H,8,15H2,1-4H3,(H,16,17). The van der Waals surface area contributed by atoms with Crippen LogP contribution < -0.4 is 11.1 Å². The zero-order valence-electron chi connectivity index (χ0n) is 11.1. The molecule has 0 aliphatic heterocycles. The van der Waals surface area contributed by atoms with E-state index in [0.717, 1.165) is 5.56 Å². The summed E-state index contributed by atoms with van der Waals surface area (Å²) in [4.78, 5) is 11.9. The largest absolute Gasteiger partial charge is 0.398 e. The number of amides is 1. The molecule has 0 heterocycles. The summed E-state index contributed by atoms with van der Waals surface area (Å²) >= 11 is 0. The molecule has 0 bridgehead atoms. The Morgan fingerprint density at radius 1 is 1.35 bits per heavy atom. The van der Waals surface area contributed by atoms with Gasteiger partial charge in [0.05, 0.1) is 0 Å². The van der Waals surface area contributed by atoms with Crippen LogP contribution >= 0.6 is 0 Å². The van der Waals surface area contributed by atoms with Gasteiger partial charge in [0.15, 0.2) is 0 Å². The van der Waals surface area contributed by atoms with Gasteiger partial charge in [-0.15, -0.1) is 0 Å². The zero-order valence-corrected chi connectivity index (χ0v) is 11.1. The number of carbonyl (C=O) groups is 1. The van der Waals surface area contributed by atoms with E-state index in [1.807, 2.05) is 13.0 Å². The number of nitrogen functional groups attached to an aromatic ring is 1. The van der Waals surface area contributed by atoms with Crippen molar-refractivity contribution in [2.24, 2.45) is 11.8 Å². The molecule has 0 spiro atoms. The molecule has 0 fully saturated rings. The summed E-state index contributed by atoms with van der Waals surface area (Å²) in [6.07, 6.45) is 0. The average Bonchev–Trinajstić information content (AvgIpc) is 2.28. The van der Waals surface area contributed by atoms with Gasteiger partial charge in [0, 0.05) is 17.8 Å². The molecule has 0 radical (unpaired) electrons. The van der Waals surface area contributed by atoms with Crippen LogP contribution in [0.15, 0.2) is 18.2 Å². The molecule has 1 atom stereocenters. The molecule has 1 rings (SSSR count). The lowest BCUT2D eigenvalue weighted by Crippen LogP contribution is -2.30. The Labute approximate surface area is 103 Å². The van der Waals surface area contributed by atoms with E-state index in [1.54, 1.807) is 12.1 Å². The van der Waals surface area contributed by atoms with E-state index in [-0.39, 0.29) is 5.91 Å². The molecule has 0 aromatic heterocycles. The highest BCUT2D eigenvalue weighted by Crippen LogP contribution is 2.13. The lowest BCUT2D eigenvalue weighted by molar-refractivity contribution is 0.0945. The van der Waals surface area contributed by atoms with E-state index in [4.69, 9.17) is 5.73 Å². The van der Waals surface area contributed by atoms with Gasteiger partial charge in [-0.05, 0) is 36.5 Å². The molecular formula is C14H22N2O. The highest BCUT2D eigenvalue weighted by atomic mass is 16.1. The molecule has 0 aliphatic rings. The number of anilines is 1.